The van der Waals surface area contributed by atoms with Crippen LogP contribution in [0.5, 0.6) is 5.75 Å². The topological polar surface area (TPSA) is 64.4 Å². The van der Waals surface area contributed by atoms with Gasteiger partial charge in [-0.3, -0.25) is 10.2 Å². The van der Waals surface area contributed by atoms with Gasteiger partial charge in [-0.05, 0) is 37.6 Å². The number of rotatable bonds is 5. The zero-order valence-corrected chi connectivity index (χ0v) is 9.07. The van der Waals surface area contributed by atoms with E-state index < -0.39 is 0 Å². The Balaban J connectivity index is 2.36. The lowest BCUT2D eigenvalue weighted by Gasteiger charge is -2.13. The summed E-state index contributed by atoms with van der Waals surface area (Å²) in [6.45, 7) is 1.84. The van der Waals surface area contributed by atoms with Crippen LogP contribution in [0.25, 0.3) is 0 Å². The molecule has 0 aromatic heterocycles. The van der Waals surface area contributed by atoms with Gasteiger partial charge in [0.25, 0.3) is 0 Å². The SMILES string of the molecule is CC(CCC(=O)NN)Oc1ccc(F)cc1. The van der Waals surface area contributed by atoms with Gasteiger partial charge in [0.15, 0.2) is 0 Å². The molecule has 0 fully saturated rings. The third-order valence-electron chi connectivity index (χ3n) is 2.09. The zero-order valence-electron chi connectivity index (χ0n) is 9.07. The van der Waals surface area contributed by atoms with Crippen LogP contribution in [0.3, 0.4) is 0 Å². The molecule has 5 heteroatoms. The van der Waals surface area contributed by atoms with E-state index in [4.69, 9.17) is 10.6 Å². The van der Waals surface area contributed by atoms with Gasteiger partial charge in [-0.25, -0.2) is 10.2 Å². The first-order chi connectivity index (χ1) is 7.61. The summed E-state index contributed by atoms with van der Waals surface area (Å²) in [7, 11) is 0. The molecule has 1 rings (SSSR count). The number of ether oxygens (including phenoxy) is 1. The van der Waals surface area contributed by atoms with E-state index in [0.717, 1.165) is 0 Å². The lowest BCUT2D eigenvalue weighted by molar-refractivity contribution is -0.121. The molecular formula is C11H15FN2O2. The lowest BCUT2D eigenvalue weighted by Crippen LogP contribution is -2.30. The average Bonchev–Trinajstić information content (AvgIpc) is 2.29. The molecule has 1 aromatic carbocycles. The predicted molar refractivity (Wildman–Crippen MR) is 58.1 cm³/mol. The van der Waals surface area contributed by atoms with E-state index in [0.29, 0.717) is 18.6 Å². The summed E-state index contributed by atoms with van der Waals surface area (Å²) < 4.78 is 18.1. The van der Waals surface area contributed by atoms with Crippen LogP contribution in [0, 0.1) is 5.82 Å². The maximum Gasteiger partial charge on any atom is 0.234 e. The molecule has 3 N–H and O–H groups in total. The first-order valence-corrected chi connectivity index (χ1v) is 5.03. The Morgan fingerprint density at radius 2 is 2.12 bits per heavy atom. The summed E-state index contributed by atoms with van der Waals surface area (Å²) in [6.07, 6.45) is 0.738. The van der Waals surface area contributed by atoms with Gasteiger partial charge in [0, 0.05) is 6.42 Å². The molecule has 1 aromatic rings. The monoisotopic (exact) mass is 226 g/mol. The van der Waals surface area contributed by atoms with Gasteiger partial charge in [0.05, 0.1) is 6.10 Å². The van der Waals surface area contributed by atoms with Crippen molar-refractivity contribution in [1.82, 2.24) is 5.43 Å². The second kappa shape index (κ2) is 6.07. The van der Waals surface area contributed by atoms with E-state index >= 15 is 0 Å². The van der Waals surface area contributed by atoms with Gasteiger partial charge in [-0.15, -0.1) is 0 Å². The Morgan fingerprint density at radius 1 is 1.50 bits per heavy atom. The van der Waals surface area contributed by atoms with Gasteiger partial charge < -0.3 is 4.74 Å². The molecule has 0 spiro atoms. The number of carbonyl (C=O) groups is 1. The first-order valence-electron chi connectivity index (χ1n) is 5.03. The molecule has 0 aliphatic heterocycles. The van der Waals surface area contributed by atoms with Crippen LogP contribution in [0.1, 0.15) is 19.8 Å². The normalized spacial score (nSPS) is 11.9. The Bertz CT molecular complexity index is 340. The molecule has 88 valence electrons. The van der Waals surface area contributed by atoms with Crippen molar-refractivity contribution in [3.63, 3.8) is 0 Å². The van der Waals surface area contributed by atoms with Gasteiger partial charge in [0.1, 0.15) is 11.6 Å². The van der Waals surface area contributed by atoms with E-state index in [9.17, 15) is 9.18 Å². The molecule has 0 aliphatic carbocycles. The van der Waals surface area contributed by atoms with Gasteiger partial charge in [-0.2, -0.15) is 0 Å². The number of nitrogens with one attached hydrogen (secondary N) is 1. The summed E-state index contributed by atoms with van der Waals surface area (Å²) in [6, 6.07) is 5.76. The fourth-order valence-electron chi connectivity index (χ4n) is 1.21. The van der Waals surface area contributed by atoms with Gasteiger partial charge in [0.2, 0.25) is 5.91 Å². The Labute approximate surface area is 93.6 Å². The second-order valence-electron chi connectivity index (χ2n) is 3.49. The van der Waals surface area contributed by atoms with E-state index in [1.165, 1.54) is 12.1 Å². The number of benzene rings is 1. The molecule has 16 heavy (non-hydrogen) atoms. The van der Waals surface area contributed by atoms with Crippen molar-refractivity contribution in [3.8, 4) is 5.75 Å². The number of carbonyl (C=O) groups excluding carboxylic acids is 1. The van der Waals surface area contributed by atoms with Crippen LogP contribution in [0.4, 0.5) is 4.39 Å². The molecule has 0 saturated carbocycles. The summed E-state index contributed by atoms with van der Waals surface area (Å²) in [5.41, 5.74) is 2.05. The second-order valence-corrected chi connectivity index (χ2v) is 3.49. The third kappa shape index (κ3) is 4.27. The van der Waals surface area contributed by atoms with Crippen molar-refractivity contribution >= 4 is 5.91 Å². The van der Waals surface area contributed by atoms with Crippen molar-refractivity contribution in [2.75, 3.05) is 0 Å². The van der Waals surface area contributed by atoms with Crippen molar-refractivity contribution in [2.45, 2.75) is 25.9 Å². The molecular weight excluding hydrogens is 211 g/mol. The standard InChI is InChI=1S/C11H15FN2O2/c1-8(2-7-11(15)14-13)16-10-5-3-9(12)4-6-10/h3-6,8H,2,7,13H2,1H3,(H,14,15). The largest absolute Gasteiger partial charge is 0.491 e. The van der Waals surface area contributed by atoms with E-state index in [1.807, 2.05) is 12.3 Å². The fourth-order valence-corrected chi connectivity index (χ4v) is 1.21. The minimum atomic E-state index is -0.303. The zero-order chi connectivity index (χ0) is 12.0. The highest BCUT2D eigenvalue weighted by Gasteiger charge is 2.07. The number of amides is 1. The molecule has 0 saturated heterocycles. The van der Waals surface area contributed by atoms with Crippen LogP contribution < -0.4 is 16.0 Å². The number of hydrazine groups is 1. The molecule has 0 aliphatic rings. The summed E-state index contributed by atoms with van der Waals surface area (Å²) in [5.74, 6) is 5.00. The number of nitrogens with two attached hydrogens (primary N) is 1. The van der Waals surface area contributed by atoms with E-state index in [-0.39, 0.29) is 17.8 Å². The fraction of sp³-hybridized carbons (Fsp3) is 0.364. The van der Waals surface area contributed by atoms with E-state index in [1.54, 1.807) is 12.1 Å². The maximum absolute atomic E-state index is 12.6. The molecule has 0 bridgehead atoms. The number of halogens is 1. The summed E-state index contributed by atoms with van der Waals surface area (Å²) >= 11 is 0. The summed E-state index contributed by atoms with van der Waals surface area (Å²) in [4.78, 5) is 10.9. The van der Waals surface area contributed by atoms with Gasteiger partial charge >= 0.3 is 0 Å². The molecule has 0 radical (unpaired) electrons. The average molecular weight is 226 g/mol. The van der Waals surface area contributed by atoms with Crippen LogP contribution in [0.2, 0.25) is 0 Å². The molecule has 1 atom stereocenters. The highest BCUT2D eigenvalue weighted by Crippen LogP contribution is 2.14. The molecule has 0 heterocycles. The molecule has 4 nitrogen and oxygen atoms in total. The third-order valence-corrected chi connectivity index (χ3v) is 2.09. The van der Waals surface area contributed by atoms with Crippen molar-refractivity contribution in [1.29, 1.82) is 0 Å². The van der Waals surface area contributed by atoms with Crippen LogP contribution in [0.15, 0.2) is 24.3 Å². The summed E-state index contributed by atoms with van der Waals surface area (Å²) in [5, 5.41) is 0. The highest BCUT2D eigenvalue weighted by atomic mass is 19.1. The number of hydrogen-bond donors (Lipinski definition) is 2. The lowest BCUT2D eigenvalue weighted by atomic mass is 10.2. The van der Waals surface area contributed by atoms with Crippen molar-refractivity contribution < 1.29 is 13.9 Å². The minimum absolute atomic E-state index is 0.122. The van der Waals surface area contributed by atoms with Crippen molar-refractivity contribution in [3.05, 3.63) is 30.1 Å². The number of hydrogen-bond acceptors (Lipinski definition) is 3. The predicted octanol–water partition coefficient (Wildman–Crippen LogP) is 1.36. The van der Waals surface area contributed by atoms with Crippen LogP contribution in [-0.2, 0) is 4.79 Å². The van der Waals surface area contributed by atoms with Gasteiger partial charge in [-0.1, -0.05) is 0 Å². The van der Waals surface area contributed by atoms with Crippen LogP contribution >= 0.6 is 0 Å². The Kier molecular flexibility index (Phi) is 4.72. The Morgan fingerprint density at radius 3 is 2.69 bits per heavy atom. The smallest absolute Gasteiger partial charge is 0.234 e. The van der Waals surface area contributed by atoms with Crippen LogP contribution in [-0.4, -0.2) is 12.0 Å². The van der Waals surface area contributed by atoms with Crippen molar-refractivity contribution in [2.24, 2.45) is 5.84 Å². The molecule has 1 unspecified atom stereocenters. The Hall–Kier alpha value is -1.62. The minimum Gasteiger partial charge on any atom is -0.491 e. The first kappa shape index (κ1) is 12.4. The molecule has 1 amide bonds. The van der Waals surface area contributed by atoms with E-state index in [2.05, 4.69) is 0 Å². The quantitative estimate of drug-likeness (QED) is 0.452. The highest BCUT2D eigenvalue weighted by molar-refractivity contribution is 5.75. The maximum atomic E-state index is 12.6.